The molecular weight excluding hydrogens is 260 g/mol. The molecule has 0 atom stereocenters. The van der Waals surface area contributed by atoms with Gasteiger partial charge in [-0.05, 0) is 31.2 Å². The fourth-order valence-corrected chi connectivity index (χ4v) is 2.03. The molecule has 0 fully saturated rings. The van der Waals surface area contributed by atoms with Crippen molar-refractivity contribution in [1.29, 1.82) is 0 Å². The summed E-state index contributed by atoms with van der Waals surface area (Å²) in [5.74, 6) is -0.0685. The van der Waals surface area contributed by atoms with Crippen molar-refractivity contribution in [2.75, 3.05) is 5.32 Å². The van der Waals surface area contributed by atoms with Gasteiger partial charge in [0.2, 0.25) is 6.54 Å². The number of pyridine rings is 1. The number of halogens is 1. The minimum atomic E-state index is -0.0685. The Kier molecular flexibility index (Phi) is 4.17. The monoisotopic (exact) mass is 275 g/mol. The van der Waals surface area contributed by atoms with Crippen LogP contribution in [0.25, 0.3) is 0 Å². The Morgan fingerprint density at radius 1 is 1.26 bits per heavy atom. The van der Waals surface area contributed by atoms with Crippen LogP contribution < -0.4 is 9.88 Å². The Morgan fingerprint density at radius 2 is 2.05 bits per heavy atom. The van der Waals surface area contributed by atoms with Crippen LogP contribution in [0.15, 0.2) is 42.6 Å². The van der Waals surface area contributed by atoms with Gasteiger partial charge in [0.25, 0.3) is 5.91 Å². The zero-order valence-corrected chi connectivity index (χ0v) is 11.7. The molecule has 0 aliphatic rings. The van der Waals surface area contributed by atoms with Gasteiger partial charge in [-0.1, -0.05) is 17.7 Å². The maximum atomic E-state index is 12.0. The summed E-state index contributed by atoms with van der Waals surface area (Å²) >= 11 is 5.88. The number of benzene rings is 1. The van der Waals surface area contributed by atoms with E-state index in [1.54, 1.807) is 12.1 Å². The standard InChI is InChI=1S/C15H15ClN2O/c1-11-5-4-8-18(12(11)2)10-15(19)17-14-7-3-6-13(16)9-14/h3-9H,10H2,1-2H3/p+1. The van der Waals surface area contributed by atoms with E-state index in [2.05, 4.69) is 5.32 Å². The van der Waals surface area contributed by atoms with Crippen LogP contribution in [-0.2, 0) is 11.3 Å². The van der Waals surface area contributed by atoms with E-state index in [0.717, 1.165) is 11.3 Å². The van der Waals surface area contributed by atoms with Crippen LogP contribution in [0.5, 0.6) is 0 Å². The van der Waals surface area contributed by atoms with Crippen LogP contribution in [0, 0.1) is 13.8 Å². The Hall–Kier alpha value is -1.87. The van der Waals surface area contributed by atoms with E-state index in [0.29, 0.717) is 17.3 Å². The van der Waals surface area contributed by atoms with Crippen LogP contribution in [0.1, 0.15) is 11.3 Å². The van der Waals surface area contributed by atoms with Crippen molar-refractivity contribution in [2.45, 2.75) is 20.4 Å². The Morgan fingerprint density at radius 3 is 2.79 bits per heavy atom. The second kappa shape index (κ2) is 5.85. The zero-order valence-electron chi connectivity index (χ0n) is 11.0. The molecule has 0 aliphatic heterocycles. The number of aromatic nitrogens is 1. The van der Waals surface area contributed by atoms with Crippen molar-refractivity contribution in [3.8, 4) is 0 Å². The number of anilines is 1. The number of nitrogens with zero attached hydrogens (tertiary/aromatic N) is 1. The fraction of sp³-hybridized carbons (Fsp3) is 0.200. The van der Waals surface area contributed by atoms with E-state index < -0.39 is 0 Å². The van der Waals surface area contributed by atoms with Gasteiger partial charge in [0.15, 0.2) is 11.9 Å². The zero-order chi connectivity index (χ0) is 13.8. The quantitative estimate of drug-likeness (QED) is 0.859. The third-order valence-electron chi connectivity index (χ3n) is 3.04. The summed E-state index contributed by atoms with van der Waals surface area (Å²) in [6.07, 6.45) is 1.90. The van der Waals surface area contributed by atoms with E-state index >= 15 is 0 Å². The molecule has 1 heterocycles. The third-order valence-corrected chi connectivity index (χ3v) is 3.27. The summed E-state index contributed by atoms with van der Waals surface area (Å²) in [6.45, 7) is 4.32. The number of rotatable bonds is 3. The first-order valence-corrected chi connectivity index (χ1v) is 6.45. The number of carbonyl (C=O) groups excluding carboxylic acids is 1. The maximum absolute atomic E-state index is 12.0. The lowest BCUT2D eigenvalue weighted by Crippen LogP contribution is -2.43. The number of hydrogen-bond donors (Lipinski definition) is 1. The number of aryl methyl sites for hydroxylation is 1. The molecule has 1 N–H and O–H groups in total. The second-order valence-corrected chi connectivity index (χ2v) is 4.90. The Labute approximate surface area is 117 Å². The normalized spacial score (nSPS) is 10.3. The van der Waals surface area contributed by atoms with Gasteiger partial charge in [0, 0.05) is 29.3 Å². The first kappa shape index (κ1) is 13.6. The number of nitrogens with one attached hydrogen (secondary N) is 1. The maximum Gasteiger partial charge on any atom is 0.290 e. The van der Waals surface area contributed by atoms with E-state index in [1.807, 2.05) is 48.9 Å². The molecule has 19 heavy (non-hydrogen) atoms. The molecule has 1 aromatic carbocycles. The fourth-order valence-electron chi connectivity index (χ4n) is 1.84. The van der Waals surface area contributed by atoms with Crippen LogP contribution in [0.2, 0.25) is 5.02 Å². The molecule has 1 aromatic heterocycles. The smallest absolute Gasteiger partial charge is 0.290 e. The van der Waals surface area contributed by atoms with Gasteiger partial charge in [0.1, 0.15) is 0 Å². The van der Waals surface area contributed by atoms with Crippen LogP contribution in [0.3, 0.4) is 0 Å². The van der Waals surface area contributed by atoms with Gasteiger partial charge in [-0.25, -0.2) is 0 Å². The number of carbonyl (C=O) groups is 1. The topological polar surface area (TPSA) is 33.0 Å². The van der Waals surface area contributed by atoms with E-state index in [4.69, 9.17) is 11.6 Å². The Balaban J connectivity index is 2.08. The summed E-state index contributed by atoms with van der Waals surface area (Å²) in [5.41, 5.74) is 2.96. The summed E-state index contributed by atoms with van der Waals surface area (Å²) in [7, 11) is 0. The average Bonchev–Trinajstić information content (AvgIpc) is 2.35. The van der Waals surface area contributed by atoms with Gasteiger partial charge < -0.3 is 5.32 Å². The molecule has 2 aromatic rings. The highest BCUT2D eigenvalue weighted by Gasteiger charge is 2.13. The summed E-state index contributed by atoms with van der Waals surface area (Å²) in [6, 6.07) is 11.1. The van der Waals surface area contributed by atoms with Crippen LogP contribution >= 0.6 is 11.6 Å². The van der Waals surface area contributed by atoms with Crippen molar-refractivity contribution in [3.63, 3.8) is 0 Å². The highest BCUT2D eigenvalue weighted by atomic mass is 35.5. The lowest BCUT2D eigenvalue weighted by atomic mass is 10.2. The molecule has 0 bridgehead atoms. The SMILES string of the molecule is Cc1ccc[n+](CC(=O)Nc2cccc(Cl)c2)c1C. The van der Waals surface area contributed by atoms with Gasteiger partial charge >= 0.3 is 0 Å². The lowest BCUT2D eigenvalue weighted by Gasteiger charge is -2.05. The minimum Gasteiger partial charge on any atom is -0.321 e. The predicted octanol–water partition coefficient (Wildman–Crippen LogP) is 2.88. The average molecular weight is 276 g/mol. The minimum absolute atomic E-state index is 0.0685. The van der Waals surface area contributed by atoms with Crippen molar-refractivity contribution in [3.05, 3.63) is 58.9 Å². The van der Waals surface area contributed by atoms with Gasteiger partial charge in [-0.2, -0.15) is 4.57 Å². The Bertz CT molecular complexity index is 611. The molecule has 4 heteroatoms. The van der Waals surface area contributed by atoms with Gasteiger partial charge in [-0.3, -0.25) is 4.79 Å². The lowest BCUT2D eigenvalue weighted by molar-refractivity contribution is -0.690. The van der Waals surface area contributed by atoms with Crippen molar-refractivity contribution in [2.24, 2.45) is 0 Å². The highest BCUT2D eigenvalue weighted by molar-refractivity contribution is 6.30. The van der Waals surface area contributed by atoms with Crippen molar-refractivity contribution >= 4 is 23.2 Å². The molecule has 0 saturated heterocycles. The van der Waals surface area contributed by atoms with Crippen LogP contribution in [-0.4, -0.2) is 5.91 Å². The van der Waals surface area contributed by atoms with E-state index in [9.17, 15) is 4.79 Å². The van der Waals surface area contributed by atoms with E-state index in [1.165, 1.54) is 0 Å². The molecule has 0 radical (unpaired) electrons. The largest absolute Gasteiger partial charge is 0.321 e. The number of amides is 1. The van der Waals surface area contributed by atoms with Crippen LogP contribution in [0.4, 0.5) is 5.69 Å². The summed E-state index contributed by atoms with van der Waals surface area (Å²) in [4.78, 5) is 12.0. The molecule has 0 aliphatic carbocycles. The molecule has 98 valence electrons. The molecule has 3 nitrogen and oxygen atoms in total. The van der Waals surface area contributed by atoms with Gasteiger partial charge in [0.05, 0.1) is 0 Å². The van der Waals surface area contributed by atoms with Crippen molar-refractivity contribution in [1.82, 2.24) is 0 Å². The molecular formula is C15H16ClN2O+. The second-order valence-electron chi connectivity index (χ2n) is 4.46. The predicted molar refractivity (Wildman–Crippen MR) is 76.2 cm³/mol. The molecule has 0 spiro atoms. The van der Waals surface area contributed by atoms with Gasteiger partial charge in [-0.15, -0.1) is 0 Å². The molecule has 0 unspecified atom stereocenters. The number of hydrogen-bond acceptors (Lipinski definition) is 1. The van der Waals surface area contributed by atoms with E-state index in [-0.39, 0.29) is 5.91 Å². The highest BCUT2D eigenvalue weighted by Crippen LogP contribution is 2.14. The summed E-state index contributed by atoms with van der Waals surface area (Å²) in [5, 5.41) is 3.44. The summed E-state index contributed by atoms with van der Waals surface area (Å²) < 4.78 is 1.93. The first-order valence-electron chi connectivity index (χ1n) is 6.07. The van der Waals surface area contributed by atoms with Crippen molar-refractivity contribution < 1.29 is 9.36 Å². The third kappa shape index (κ3) is 3.55. The molecule has 2 rings (SSSR count). The first-order chi connectivity index (χ1) is 9.06. The molecule has 1 amide bonds. The molecule has 0 saturated carbocycles.